The summed E-state index contributed by atoms with van der Waals surface area (Å²) in [6, 6.07) is 11.6. The van der Waals surface area contributed by atoms with Crippen LogP contribution in [0.15, 0.2) is 53.3 Å². The molecule has 0 fully saturated rings. The molecule has 0 amide bonds. The highest BCUT2D eigenvalue weighted by molar-refractivity contribution is 5.80. The first-order valence-electron chi connectivity index (χ1n) is 6.09. The summed E-state index contributed by atoms with van der Waals surface area (Å²) in [7, 11) is 0. The van der Waals surface area contributed by atoms with Gasteiger partial charge in [-0.1, -0.05) is 30.3 Å². The molecular weight excluding hydrogens is 226 g/mol. The predicted molar refractivity (Wildman–Crippen MR) is 70.0 cm³/mol. The lowest BCUT2D eigenvalue weighted by Gasteiger charge is -2.10. The molecule has 1 heterocycles. The summed E-state index contributed by atoms with van der Waals surface area (Å²) < 4.78 is 4.93. The van der Waals surface area contributed by atoms with Crippen molar-refractivity contribution in [2.24, 2.45) is 5.73 Å². The van der Waals surface area contributed by atoms with E-state index in [1.807, 2.05) is 36.4 Å². The average Bonchev–Trinajstić information content (AvgIpc) is 2.90. The second-order valence-electron chi connectivity index (χ2n) is 4.40. The summed E-state index contributed by atoms with van der Waals surface area (Å²) in [6.45, 7) is 0. The van der Waals surface area contributed by atoms with Gasteiger partial charge in [0.15, 0.2) is 0 Å². The summed E-state index contributed by atoms with van der Waals surface area (Å²) in [5.74, 6) is 0.197. The van der Waals surface area contributed by atoms with E-state index in [1.54, 1.807) is 12.5 Å². The molecule has 0 bridgehead atoms. The third kappa shape index (κ3) is 3.57. The second-order valence-corrected chi connectivity index (χ2v) is 4.40. The number of rotatable bonds is 6. The number of carbonyl (C=O) groups is 1. The highest BCUT2D eigenvalue weighted by Gasteiger charge is 2.10. The van der Waals surface area contributed by atoms with Crippen LogP contribution in [-0.2, 0) is 11.2 Å². The fourth-order valence-corrected chi connectivity index (χ4v) is 1.89. The summed E-state index contributed by atoms with van der Waals surface area (Å²) in [6.07, 6.45) is 4.80. The van der Waals surface area contributed by atoms with Crippen LogP contribution in [0.3, 0.4) is 0 Å². The summed E-state index contributed by atoms with van der Waals surface area (Å²) in [5.41, 5.74) is 8.05. The lowest BCUT2D eigenvalue weighted by atomic mass is 10.00. The van der Waals surface area contributed by atoms with Crippen LogP contribution in [0, 0.1) is 0 Å². The van der Waals surface area contributed by atoms with Gasteiger partial charge in [-0.3, -0.25) is 4.79 Å². The van der Waals surface area contributed by atoms with Gasteiger partial charge >= 0.3 is 0 Å². The Morgan fingerprint density at radius 1 is 1.22 bits per heavy atom. The molecule has 0 aliphatic rings. The topological polar surface area (TPSA) is 56.2 Å². The fourth-order valence-electron chi connectivity index (χ4n) is 1.89. The Hall–Kier alpha value is -1.87. The third-order valence-electron chi connectivity index (χ3n) is 2.94. The normalized spacial score (nSPS) is 12.3. The van der Waals surface area contributed by atoms with Crippen molar-refractivity contribution < 1.29 is 9.21 Å². The lowest BCUT2D eigenvalue weighted by Crippen LogP contribution is -2.13. The molecule has 2 aromatic rings. The van der Waals surface area contributed by atoms with Crippen LogP contribution in [0.25, 0.3) is 0 Å². The molecule has 1 aromatic carbocycles. The molecule has 18 heavy (non-hydrogen) atoms. The first kappa shape index (κ1) is 12.6. The van der Waals surface area contributed by atoms with Crippen LogP contribution in [0.2, 0.25) is 0 Å². The molecule has 0 saturated heterocycles. The minimum Gasteiger partial charge on any atom is -0.472 e. The molecule has 3 nitrogen and oxygen atoms in total. The Labute approximate surface area is 107 Å². The zero-order valence-corrected chi connectivity index (χ0v) is 10.2. The largest absolute Gasteiger partial charge is 0.472 e. The maximum Gasteiger partial charge on any atom is 0.137 e. The highest BCUT2D eigenvalue weighted by Crippen LogP contribution is 2.16. The molecular formula is C15H17NO2. The van der Waals surface area contributed by atoms with E-state index in [2.05, 4.69) is 0 Å². The predicted octanol–water partition coefficient (Wildman–Crippen LogP) is 2.87. The molecule has 0 aliphatic carbocycles. The number of ketones is 1. The van der Waals surface area contributed by atoms with Crippen LogP contribution in [0.1, 0.15) is 30.0 Å². The van der Waals surface area contributed by atoms with Crippen LogP contribution in [-0.4, -0.2) is 5.78 Å². The van der Waals surface area contributed by atoms with Gasteiger partial charge in [-0.15, -0.1) is 0 Å². The Morgan fingerprint density at radius 3 is 2.67 bits per heavy atom. The molecule has 1 atom stereocenters. The van der Waals surface area contributed by atoms with Gasteiger partial charge in [0.1, 0.15) is 5.78 Å². The first-order chi connectivity index (χ1) is 8.75. The first-order valence-corrected chi connectivity index (χ1v) is 6.09. The number of hydrogen-bond acceptors (Lipinski definition) is 3. The number of benzene rings is 1. The lowest BCUT2D eigenvalue weighted by molar-refractivity contribution is -0.118. The van der Waals surface area contributed by atoms with Crippen LogP contribution >= 0.6 is 0 Å². The second kappa shape index (κ2) is 6.17. The molecule has 2 N–H and O–H groups in total. The van der Waals surface area contributed by atoms with Gasteiger partial charge in [0, 0.05) is 18.9 Å². The number of Topliss-reactive ketones (excluding diaryl/α,β-unsaturated/α-hetero) is 1. The highest BCUT2D eigenvalue weighted by atomic mass is 16.3. The van der Waals surface area contributed by atoms with Crippen molar-refractivity contribution in [2.45, 2.75) is 25.3 Å². The molecule has 3 heteroatoms. The average molecular weight is 243 g/mol. The van der Waals surface area contributed by atoms with Gasteiger partial charge in [0.25, 0.3) is 0 Å². The maximum absolute atomic E-state index is 11.7. The minimum atomic E-state index is -0.0699. The van der Waals surface area contributed by atoms with E-state index in [9.17, 15) is 4.79 Å². The van der Waals surface area contributed by atoms with Gasteiger partial charge < -0.3 is 10.2 Å². The minimum absolute atomic E-state index is 0.0699. The van der Waals surface area contributed by atoms with Crippen molar-refractivity contribution in [3.8, 4) is 0 Å². The van der Waals surface area contributed by atoms with E-state index >= 15 is 0 Å². The van der Waals surface area contributed by atoms with E-state index in [4.69, 9.17) is 10.2 Å². The molecule has 0 spiro atoms. The molecule has 0 radical (unpaired) electrons. The zero-order valence-electron chi connectivity index (χ0n) is 10.2. The van der Waals surface area contributed by atoms with Crippen molar-refractivity contribution in [3.63, 3.8) is 0 Å². The summed E-state index contributed by atoms with van der Waals surface area (Å²) in [5, 5.41) is 0. The zero-order chi connectivity index (χ0) is 12.8. The van der Waals surface area contributed by atoms with Crippen LogP contribution in [0.4, 0.5) is 0 Å². The third-order valence-corrected chi connectivity index (χ3v) is 2.94. The van der Waals surface area contributed by atoms with Crippen molar-refractivity contribution in [2.75, 3.05) is 0 Å². The van der Waals surface area contributed by atoms with Gasteiger partial charge in [-0.25, -0.2) is 0 Å². The quantitative estimate of drug-likeness (QED) is 0.848. The Kier molecular flexibility index (Phi) is 4.31. The Morgan fingerprint density at radius 2 is 2.00 bits per heavy atom. The van der Waals surface area contributed by atoms with E-state index in [0.29, 0.717) is 19.3 Å². The molecule has 1 unspecified atom stereocenters. The van der Waals surface area contributed by atoms with Gasteiger partial charge in [-0.2, -0.15) is 0 Å². The molecule has 1 aromatic heterocycles. The van der Waals surface area contributed by atoms with Gasteiger partial charge in [0.2, 0.25) is 0 Å². The number of nitrogens with two attached hydrogens (primary N) is 1. The van der Waals surface area contributed by atoms with Crippen LogP contribution < -0.4 is 5.73 Å². The number of furan rings is 1. The van der Waals surface area contributed by atoms with Gasteiger partial charge in [-0.05, 0) is 23.6 Å². The summed E-state index contributed by atoms with van der Waals surface area (Å²) in [4.78, 5) is 11.7. The van der Waals surface area contributed by atoms with Crippen molar-refractivity contribution >= 4 is 5.78 Å². The van der Waals surface area contributed by atoms with Gasteiger partial charge in [0.05, 0.1) is 12.5 Å². The maximum atomic E-state index is 11.7. The SMILES string of the molecule is NC(CCC(=O)Cc1ccoc1)c1ccccc1. The number of carbonyl (C=O) groups excluding carboxylic acids is 1. The molecule has 0 saturated carbocycles. The summed E-state index contributed by atoms with van der Waals surface area (Å²) >= 11 is 0. The van der Waals surface area contributed by atoms with Crippen LogP contribution in [0.5, 0.6) is 0 Å². The monoisotopic (exact) mass is 243 g/mol. The standard InChI is InChI=1S/C15H17NO2/c16-15(13-4-2-1-3-5-13)7-6-14(17)10-12-8-9-18-11-12/h1-5,8-9,11,15H,6-7,10,16H2. The molecule has 0 aliphatic heterocycles. The molecule has 2 rings (SSSR count). The van der Waals surface area contributed by atoms with Crippen molar-refractivity contribution in [1.82, 2.24) is 0 Å². The smallest absolute Gasteiger partial charge is 0.137 e. The Balaban J connectivity index is 1.79. The fraction of sp³-hybridized carbons (Fsp3) is 0.267. The van der Waals surface area contributed by atoms with E-state index in [0.717, 1.165) is 11.1 Å². The van der Waals surface area contributed by atoms with E-state index < -0.39 is 0 Å². The Bertz CT molecular complexity index is 476. The van der Waals surface area contributed by atoms with E-state index in [1.165, 1.54) is 0 Å². The number of hydrogen-bond donors (Lipinski definition) is 1. The van der Waals surface area contributed by atoms with Crippen molar-refractivity contribution in [3.05, 3.63) is 60.1 Å². The van der Waals surface area contributed by atoms with Crippen molar-refractivity contribution in [1.29, 1.82) is 0 Å². The molecule has 94 valence electrons. The van der Waals surface area contributed by atoms with E-state index in [-0.39, 0.29) is 11.8 Å².